The van der Waals surface area contributed by atoms with E-state index in [2.05, 4.69) is 10.6 Å². The zero-order chi connectivity index (χ0) is 18.7. The SMILES string of the molecule is CNC(=O)C(NC(=O)C1(c2ccc(OC)cc2)CC1)c1cccc(O)c1. The van der Waals surface area contributed by atoms with Crippen LogP contribution in [0, 0.1) is 0 Å². The molecule has 1 aliphatic carbocycles. The second-order valence-electron chi connectivity index (χ2n) is 6.43. The number of rotatable bonds is 6. The first kappa shape index (κ1) is 17.8. The summed E-state index contributed by atoms with van der Waals surface area (Å²) in [5.41, 5.74) is 0.820. The molecule has 0 heterocycles. The third-order valence-corrected chi connectivity index (χ3v) is 4.81. The number of phenols is 1. The maximum absolute atomic E-state index is 13.0. The van der Waals surface area contributed by atoms with Crippen LogP contribution in [0.15, 0.2) is 48.5 Å². The highest BCUT2D eigenvalue weighted by Crippen LogP contribution is 2.49. The molecule has 0 spiro atoms. The molecule has 6 nitrogen and oxygen atoms in total. The number of phenolic OH excluding ortho intramolecular Hbond substituents is 1. The maximum Gasteiger partial charge on any atom is 0.246 e. The van der Waals surface area contributed by atoms with Crippen molar-refractivity contribution in [1.29, 1.82) is 0 Å². The van der Waals surface area contributed by atoms with Gasteiger partial charge < -0.3 is 20.5 Å². The summed E-state index contributed by atoms with van der Waals surface area (Å²) in [7, 11) is 3.11. The van der Waals surface area contributed by atoms with E-state index in [0.717, 1.165) is 24.2 Å². The predicted octanol–water partition coefficient (Wildman–Crippen LogP) is 2.04. The van der Waals surface area contributed by atoms with E-state index in [1.807, 2.05) is 24.3 Å². The van der Waals surface area contributed by atoms with Gasteiger partial charge in [0.25, 0.3) is 0 Å². The monoisotopic (exact) mass is 354 g/mol. The van der Waals surface area contributed by atoms with Crippen LogP contribution >= 0.6 is 0 Å². The van der Waals surface area contributed by atoms with Crippen LogP contribution in [0.4, 0.5) is 0 Å². The third kappa shape index (κ3) is 3.35. The highest BCUT2D eigenvalue weighted by Gasteiger charge is 2.52. The van der Waals surface area contributed by atoms with Gasteiger partial charge in [-0.3, -0.25) is 9.59 Å². The van der Waals surface area contributed by atoms with Crippen molar-refractivity contribution in [2.45, 2.75) is 24.3 Å². The number of likely N-dealkylation sites (N-methyl/N-ethyl adjacent to an activating group) is 1. The summed E-state index contributed by atoms with van der Waals surface area (Å²) in [5, 5.41) is 15.1. The molecule has 1 fully saturated rings. The Hall–Kier alpha value is -3.02. The van der Waals surface area contributed by atoms with Crippen LogP contribution in [0.25, 0.3) is 0 Å². The molecule has 6 heteroatoms. The zero-order valence-electron chi connectivity index (χ0n) is 14.8. The number of amides is 2. The summed E-state index contributed by atoms with van der Waals surface area (Å²) < 4.78 is 5.17. The first-order valence-corrected chi connectivity index (χ1v) is 8.46. The molecule has 0 aromatic heterocycles. The Bertz CT molecular complexity index is 813. The molecule has 2 amide bonds. The molecule has 136 valence electrons. The highest BCUT2D eigenvalue weighted by molar-refractivity contribution is 5.95. The molecule has 3 N–H and O–H groups in total. The van der Waals surface area contributed by atoms with Crippen molar-refractivity contribution in [3.05, 3.63) is 59.7 Å². The Labute approximate surface area is 152 Å². The van der Waals surface area contributed by atoms with Crippen LogP contribution in [-0.4, -0.2) is 31.1 Å². The van der Waals surface area contributed by atoms with Gasteiger partial charge in [0.05, 0.1) is 12.5 Å². The van der Waals surface area contributed by atoms with E-state index in [0.29, 0.717) is 5.56 Å². The number of hydrogen-bond donors (Lipinski definition) is 3. The Morgan fingerprint density at radius 3 is 2.38 bits per heavy atom. The number of aromatic hydroxyl groups is 1. The Morgan fingerprint density at radius 1 is 1.15 bits per heavy atom. The molecule has 2 aromatic rings. The normalized spacial score (nSPS) is 15.6. The van der Waals surface area contributed by atoms with Crippen molar-refractivity contribution in [1.82, 2.24) is 10.6 Å². The number of carbonyl (C=O) groups excluding carboxylic acids is 2. The number of carbonyl (C=O) groups is 2. The van der Waals surface area contributed by atoms with Gasteiger partial charge in [0.1, 0.15) is 17.5 Å². The average molecular weight is 354 g/mol. The summed E-state index contributed by atoms with van der Waals surface area (Å²) in [6.07, 6.45) is 1.46. The molecule has 3 rings (SSSR count). The fraction of sp³-hybridized carbons (Fsp3) is 0.300. The second-order valence-corrected chi connectivity index (χ2v) is 6.43. The minimum atomic E-state index is -0.865. The second kappa shape index (κ2) is 7.07. The minimum absolute atomic E-state index is 0.0435. The van der Waals surface area contributed by atoms with E-state index in [9.17, 15) is 14.7 Å². The lowest BCUT2D eigenvalue weighted by molar-refractivity contribution is -0.130. The molecule has 2 aromatic carbocycles. The van der Waals surface area contributed by atoms with Crippen molar-refractivity contribution in [2.75, 3.05) is 14.2 Å². The number of benzene rings is 2. The smallest absolute Gasteiger partial charge is 0.246 e. The standard InChI is InChI=1S/C20H22N2O4/c1-21-18(24)17(13-4-3-5-15(23)12-13)22-19(25)20(10-11-20)14-6-8-16(26-2)9-7-14/h3-9,12,17,23H,10-11H2,1-2H3,(H,21,24)(H,22,25). The number of nitrogens with one attached hydrogen (secondary N) is 2. The van der Waals surface area contributed by atoms with E-state index in [1.165, 1.54) is 19.2 Å². The van der Waals surface area contributed by atoms with Gasteiger partial charge in [0.15, 0.2) is 0 Å². The summed E-state index contributed by atoms with van der Waals surface area (Å²) in [5.74, 6) is 0.240. The van der Waals surface area contributed by atoms with Gasteiger partial charge in [-0.25, -0.2) is 0 Å². The lowest BCUT2D eigenvalue weighted by atomic mass is 9.94. The highest BCUT2D eigenvalue weighted by atomic mass is 16.5. The Balaban J connectivity index is 1.84. The fourth-order valence-corrected chi connectivity index (χ4v) is 3.10. The number of ether oxygens (including phenoxy) is 1. The van der Waals surface area contributed by atoms with Crippen molar-refractivity contribution in [3.8, 4) is 11.5 Å². The van der Waals surface area contributed by atoms with Gasteiger partial charge in [-0.2, -0.15) is 0 Å². The van der Waals surface area contributed by atoms with Crippen molar-refractivity contribution in [2.24, 2.45) is 0 Å². The van der Waals surface area contributed by atoms with Crippen molar-refractivity contribution < 1.29 is 19.4 Å². The lowest BCUT2D eigenvalue weighted by Crippen LogP contribution is -2.43. The van der Waals surface area contributed by atoms with Gasteiger partial charge in [-0.1, -0.05) is 24.3 Å². The van der Waals surface area contributed by atoms with Crippen LogP contribution in [0.1, 0.15) is 30.0 Å². The Kier molecular flexibility index (Phi) is 4.84. The first-order chi connectivity index (χ1) is 12.5. The van der Waals surface area contributed by atoms with E-state index >= 15 is 0 Å². The molecule has 0 radical (unpaired) electrons. The third-order valence-electron chi connectivity index (χ3n) is 4.81. The summed E-state index contributed by atoms with van der Waals surface area (Å²) in [6, 6.07) is 12.9. The molecule has 26 heavy (non-hydrogen) atoms. The predicted molar refractivity (Wildman–Crippen MR) is 97.0 cm³/mol. The quantitative estimate of drug-likeness (QED) is 0.741. The number of hydrogen-bond acceptors (Lipinski definition) is 4. The molecule has 1 aliphatic rings. The average Bonchev–Trinajstić information content (AvgIpc) is 3.47. The number of methoxy groups -OCH3 is 1. The maximum atomic E-state index is 13.0. The van der Waals surface area contributed by atoms with Gasteiger partial charge in [0, 0.05) is 7.05 Å². The van der Waals surface area contributed by atoms with Crippen LogP contribution in [0.2, 0.25) is 0 Å². The fourth-order valence-electron chi connectivity index (χ4n) is 3.10. The summed E-state index contributed by atoms with van der Waals surface area (Å²) in [6.45, 7) is 0. The van der Waals surface area contributed by atoms with Crippen LogP contribution in [0.5, 0.6) is 11.5 Å². The topological polar surface area (TPSA) is 87.7 Å². The van der Waals surface area contributed by atoms with E-state index in [4.69, 9.17) is 4.74 Å². The van der Waals surface area contributed by atoms with Gasteiger partial charge in [-0.15, -0.1) is 0 Å². The van der Waals surface area contributed by atoms with Gasteiger partial charge in [-0.05, 0) is 48.2 Å². The molecule has 1 saturated carbocycles. The molecule has 1 atom stereocenters. The Morgan fingerprint density at radius 2 is 1.85 bits per heavy atom. The molecule has 0 aliphatic heterocycles. The van der Waals surface area contributed by atoms with Crippen molar-refractivity contribution >= 4 is 11.8 Å². The van der Waals surface area contributed by atoms with Crippen molar-refractivity contribution in [3.63, 3.8) is 0 Å². The molecule has 0 saturated heterocycles. The van der Waals surface area contributed by atoms with Crippen LogP contribution < -0.4 is 15.4 Å². The molecule has 0 bridgehead atoms. The van der Waals surface area contributed by atoms with Gasteiger partial charge >= 0.3 is 0 Å². The molecule has 1 unspecified atom stereocenters. The van der Waals surface area contributed by atoms with E-state index < -0.39 is 11.5 Å². The van der Waals surface area contributed by atoms with Crippen LogP contribution in [0.3, 0.4) is 0 Å². The van der Waals surface area contributed by atoms with E-state index in [-0.39, 0.29) is 17.6 Å². The molecular weight excluding hydrogens is 332 g/mol. The van der Waals surface area contributed by atoms with E-state index in [1.54, 1.807) is 19.2 Å². The largest absolute Gasteiger partial charge is 0.508 e. The zero-order valence-corrected chi connectivity index (χ0v) is 14.8. The first-order valence-electron chi connectivity index (χ1n) is 8.46. The molecular formula is C20H22N2O4. The minimum Gasteiger partial charge on any atom is -0.508 e. The summed E-state index contributed by atoms with van der Waals surface area (Å²) >= 11 is 0. The van der Waals surface area contributed by atoms with Crippen LogP contribution in [-0.2, 0) is 15.0 Å². The lowest BCUT2D eigenvalue weighted by Gasteiger charge is -2.22. The summed E-state index contributed by atoms with van der Waals surface area (Å²) in [4.78, 5) is 25.3. The van der Waals surface area contributed by atoms with Gasteiger partial charge in [0.2, 0.25) is 11.8 Å².